The molecule has 1 saturated heterocycles. The second-order valence-electron chi connectivity index (χ2n) is 2.19. The molecule has 0 aliphatic carbocycles. The van der Waals surface area contributed by atoms with E-state index < -0.39 is 12.0 Å². The van der Waals surface area contributed by atoms with Gasteiger partial charge in [-0.15, -0.1) is 0 Å². The van der Waals surface area contributed by atoms with Crippen LogP contribution in [0, 0.1) is 0 Å². The maximum atomic E-state index is 12.4. The average molecular weight is 137 g/mol. The summed E-state index contributed by atoms with van der Waals surface area (Å²) >= 11 is 0. The molecule has 0 radical (unpaired) electrons. The molecule has 0 amide bonds. The van der Waals surface area contributed by atoms with E-state index in [4.69, 9.17) is 10.5 Å². The van der Waals surface area contributed by atoms with E-state index in [2.05, 4.69) is 0 Å². The monoisotopic (exact) mass is 137 g/mol. The summed E-state index contributed by atoms with van der Waals surface area (Å²) in [6.45, 7) is 0.105. The molecule has 0 saturated carbocycles. The highest BCUT2D eigenvalue weighted by Crippen LogP contribution is 2.25. The second-order valence-corrected chi connectivity index (χ2v) is 2.19. The molecule has 1 atom stereocenters. The number of alkyl halides is 2. The normalized spacial score (nSPS) is 34.3. The summed E-state index contributed by atoms with van der Waals surface area (Å²) in [6, 6.07) is -1.11. The van der Waals surface area contributed by atoms with Gasteiger partial charge in [0, 0.05) is 6.42 Å². The van der Waals surface area contributed by atoms with Gasteiger partial charge >= 0.3 is 0 Å². The standard InChI is InChI=1S/C5H9F2NO/c6-5(7)1-2-9-3-4(5)8/h4H,1-3,8H2/t4-/m0/s1. The van der Waals surface area contributed by atoms with Crippen molar-refractivity contribution in [2.75, 3.05) is 13.2 Å². The van der Waals surface area contributed by atoms with Crippen molar-refractivity contribution in [3.8, 4) is 0 Å². The Morgan fingerprint density at radius 3 is 2.56 bits per heavy atom. The van der Waals surface area contributed by atoms with Crippen LogP contribution < -0.4 is 5.73 Å². The van der Waals surface area contributed by atoms with Gasteiger partial charge in [-0.3, -0.25) is 0 Å². The first-order valence-corrected chi connectivity index (χ1v) is 2.84. The number of nitrogens with two attached hydrogens (primary N) is 1. The van der Waals surface area contributed by atoms with Crippen LogP contribution in [0.4, 0.5) is 8.78 Å². The third-order valence-corrected chi connectivity index (χ3v) is 1.42. The van der Waals surface area contributed by atoms with E-state index in [-0.39, 0.29) is 19.6 Å². The van der Waals surface area contributed by atoms with Crippen molar-refractivity contribution in [3.63, 3.8) is 0 Å². The van der Waals surface area contributed by atoms with E-state index in [1.54, 1.807) is 0 Å². The zero-order valence-corrected chi connectivity index (χ0v) is 4.94. The first-order chi connectivity index (χ1) is 4.13. The number of hydrogen-bond acceptors (Lipinski definition) is 2. The van der Waals surface area contributed by atoms with Crippen molar-refractivity contribution in [2.45, 2.75) is 18.4 Å². The quantitative estimate of drug-likeness (QED) is 0.523. The number of hydrogen-bond donors (Lipinski definition) is 1. The molecule has 1 heterocycles. The summed E-state index contributed by atoms with van der Waals surface area (Å²) in [5.41, 5.74) is 5.04. The lowest BCUT2D eigenvalue weighted by Crippen LogP contribution is -2.48. The number of ether oxygens (including phenoxy) is 1. The number of halogens is 2. The SMILES string of the molecule is N[C@H]1COCCC1(F)F. The van der Waals surface area contributed by atoms with Crippen LogP contribution >= 0.6 is 0 Å². The Labute approximate surface area is 52.0 Å². The number of rotatable bonds is 0. The van der Waals surface area contributed by atoms with Gasteiger partial charge in [-0.2, -0.15) is 0 Å². The summed E-state index contributed by atoms with van der Waals surface area (Å²) in [7, 11) is 0. The molecular weight excluding hydrogens is 128 g/mol. The molecule has 0 aromatic rings. The van der Waals surface area contributed by atoms with Crippen LogP contribution in [0.25, 0.3) is 0 Å². The molecule has 0 aromatic carbocycles. The molecule has 54 valence electrons. The lowest BCUT2D eigenvalue weighted by molar-refractivity contribution is -0.108. The Hall–Kier alpha value is -0.220. The fourth-order valence-electron chi connectivity index (χ4n) is 0.726. The van der Waals surface area contributed by atoms with Gasteiger partial charge in [-0.05, 0) is 0 Å². The highest BCUT2D eigenvalue weighted by molar-refractivity contribution is 4.82. The molecule has 1 aliphatic heterocycles. The third kappa shape index (κ3) is 1.37. The zero-order valence-electron chi connectivity index (χ0n) is 4.94. The Bertz CT molecular complexity index is 107. The first kappa shape index (κ1) is 6.89. The van der Waals surface area contributed by atoms with Crippen molar-refractivity contribution in [1.29, 1.82) is 0 Å². The van der Waals surface area contributed by atoms with E-state index in [1.807, 2.05) is 0 Å². The first-order valence-electron chi connectivity index (χ1n) is 2.84. The maximum Gasteiger partial charge on any atom is 0.267 e. The molecular formula is C5H9F2NO. The molecule has 0 unspecified atom stereocenters. The largest absolute Gasteiger partial charge is 0.379 e. The van der Waals surface area contributed by atoms with E-state index in [9.17, 15) is 8.78 Å². The van der Waals surface area contributed by atoms with Gasteiger partial charge in [-0.1, -0.05) is 0 Å². The van der Waals surface area contributed by atoms with Gasteiger partial charge in [0.25, 0.3) is 5.92 Å². The van der Waals surface area contributed by atoms with E-state index in [0.717, 1.165) is 0 Å². The van der Waals surface area contributed by atoms with Crippen LogP contribution in [0.1, 0.15) is 6.42 Å². The predicted molar refractivity (Wildman–Crippen MR) is 28.4 cm³/mol. The Kier molecular flexibility index (Phi) is 1.68. The molecule has 0 bridgehead atoms. The Morgan fingerprint density at radius 1 is 1.56 bits per heavy atom. The molecule has 0 aromatic heterocycles. The fourth-order valence-corrected chi connectivity index (χ4v) is 0.726. The highest BCUT2D eigenvalue weighted by atomic mass is 19.3. The fraction of sp³-hybridized carbons (Fsp3) is 1.00. The maximum absolute atomic E-state index is 12.4. The van der Waals surface area contributed by atoms with Crippen LogP contribution in [0.15, 0.2) is 0 Å². The molecule has 2 N–H and O–H groups in total. The highest BCUT2D eigenvalue weighted by Gasteiger charge is 2.39. The summed E-state index contributed by atoms with van der Waals surface area (Å²) in [5.74, 6) is -2.71. The van der Waals surface area contributed by atoms with Crippen LogP contribution in [-0.4, -0.2) is 25.2 Å². The molecule has 1 rings (SSSR count). The van der Waals surface area contributed by atoms with Crippen LogP contribution in [-0.2, 0) is 4.74 Å². The zero-order chi connectivity index (χ0) is 6.91. The van der Waals surface area contributed by atoms with Crippen molar-refractivity contribution in [1.82, 2.24) is 0 Å². The molecule has 1 aliphatic rings. The molecule has 2 nitrogen and oxygen atoms in total. The minimum atomic E-state index is -2.71. The van der Waals surface area contributed by atoms with Gasteiger partial charge in [-0.25, -0.2) is 8.78 Å². The van der Waals surface area contributed by atoms with Crippen molar-refractivity contribution >= 4 is 0 Å². The van der Waals surface area contributed by atoms with Crippen LogP contribution in [0.3, 0.4) is 0 Å². The van der Waals surface area contributed by atoms with Crippen molar-refractivity contribution in [3.05, 3.63) is 0 Å². The summed E-state index contributed by atoms with van der Waals surface area (Å²) < 4.78 is 29.5. The van der Waals surface area contributed by atoms with Crippen molar-refractivity contribution in [2.24, 2.45) is 5.73 Å². The Balaban J connectivity index is 2.49. The lowest BCUT2D eigenvalue weighted by Gasteiger charge is -2.27. The lowest BCUT2D eigenvalue weighted by atomic mass is 10.1. The van der Waals surface area contributed by atoms with Crippen LogP contribution in [0.5, 0.6) is 0 Å². The van der Waals surface area contributed by atoms with Crippen molar-refractivity contribution < 1.29 is 13.5 Å². The summed E-state index contributed by atoms with van der Waals surface area (Å²) in [4.78, 5) is 0. The summed E-state index contributed by atoms with van der Waals surface area (Å²) in [5, 5.41) is 0. The second kappa shape index (κ2) is 2.19. The van der Waals surface area contributed by atoms with Gasteiger partial charge < -0.3 is 10.5 Å². The van der Waals surface area contributed by atoms with E-state index in [0.29, 0.717) is 0 Å². The minimum absolute atomic E-state index is 0.0208. The smallest absolute Gasteiger partial charge is 0.267 e. The predicted octanol–water partition coefficient (Wildman–Crippen LogP) is 0.369. The molecule has 9 heavy (non-hydrogen) atoms. The van der Waals surface area contributed by atoms with E-state index >= 15 is 0 Å². The van der Waals surface area contributed by atoms with Gasteiger partial charge in [0.2, 0.25) is 0 Å². The van der Waals surface area contributed by atoms with Gasteiger partial charge in [0.1, 0.15) is 0 Å². The molecule has 0 spiro atoms. The van der Waals surface area contributed by atoms with Gasteiger partial charge in [0.05, 0.1) is 19.3 Å². The third-order valence-electron chi connectivity index (χ3n) is 1.42. The molecule has 4 heteroatoms. The average Bonchev–Trinajstić information content (AvgIpc) is 1.77. The summed E-state index contributed by atoms with van der Waals surface area (Å²) in [6.07, 6.45) is -0.242. The van der Waals surface area contributed by atoms with Crippen LogP contribution in [0.2, 0.25) is 0 Å². The van der Waals surface area contributed by atoms with E-state index in [1.165, 1.54) is 0 Å². The van der Waals surface area contributed by atoms with Gasteiger partial charge in [0.15, 0.2) is 0 Å². The topological polar surface area (TPSA) is 35.2 Å². The minimum Gasteiger partial charge on any atom is -0.379 e. The Morgan fingerprint density at radius 2 is 2.22 bits per heavy atom. The molecule has 1 fully saturated rings.